The molecule has 0 radical (unpaired) electrons. The van der Waals surface area contributed by atoms with Gasteiger partial charge in [0.15, 0.2) is 5.78 Å². The van der Waals surface area contributed by atoms with Gasteiger partial charge in [0, 0.05) is 12.0 Å². The van der Waals surface area contributed by atoms with Gasteiger partial charge in [0.05, 0.1) is 4.88 Å². The van der Waals surface area contributed by atoms with E-state index in [4.69, 9.17) is 0 Å². The van der Waals surface area contributed by atoms with E-state index in [2.05, 4.69) is 0 Å². The van der Waals surface area contributed by atoms with Crippen molar-refractivity contribution in [2.45, 2.75) is 25.7 Å². The van der Waals surface area contributed by atoms with Gasteiger partial charge in [-0.15, -0.1) is 11.3 Å². The first-order valence-corrected chi connectivity index (χ1v) is 5.66. The first-order valence-electron chi connectivity index (χ1n) is 4.78. The van der Waals surface area contributed by atoms with Crippen molar-refractivity contribution in [1.29, 1.82) is 0 Å². The number of allylic oxidation sites excluding steroid dienone is 1. The lowest BCUT2D eigenvalue weighted by Gasteiger charge is -2.13. The van der Waals surface area contributed by atoms with Gasteiger partial charge < -0.3 is 5.11 Å². The fraction of sp³-hybridized carbons (Fsp3) is 0.364. The Hall–Kier alpha value is -1.09. The molecule has 1 aliphatic rings. The fourth-order valence-electron chi connectivity index (χ4n) is 1.69. The van der Waals surface area contributed by atoms with Gasteiger partial charge in [0.25, 0.3) is 0 Å². The molecule has 0 atom stereocenters. The summed E-state index contributed by atoms with van der Waals surface area (Å²) < 4.78 is 0. The molecule has 0 amide bonds. The highest BCUT2D eigenvalue weighted by molar-refractivity contribution is 7.11. The molecular weight excluding hydrogens is 196 g/mol. The van der Waals surface area contributed by atoms with Gasteiger partial charge in [-0.1, -0.05) is 6.07 Å². The zero-order chi connectivity index (χ0) is 9.97. The molecule has 1 heterocycles. The first-order chi connectivity index (χ1) is 6.79. The van der Waals surface area contributed by atoms with E-state index in [1.165, 1.54) is 11.3 Å². The minimum atomic E-state index is 0.113. The third kappa shape index (κ3) is 1.73. The summed E-state index contributed by atoms with van der Waals surface area (Å²) in [5.41, 5.74) is 0.624. The molecule has 14 heavy (non-hydrogen) atoms. The van der Waals surface area contributed by atoms with Crippen LogP contribution in [0.4, 0.5) is 0 Å². The Bertz CT molecular complexity index is 363. The van der Waals surface area contributed by atoms with Crippen molar-refractivity contribution in [3.63, 3.8) is 0 Å². The van der Waals surface area contributed by atoms with Crippen molar-refractivity contribution >= 4 is 22.9 Å². The molecule has 1 aromatic heterocycles. The number of carbonyl (C=O) groups excluding carboxylic acids is 1. The number of rotatable bonds is 1. The van der Waals surface area contributed by atoms with E-state index in [-0.39, 0.29) is 11.5 Å². The van der Waals surface area contributed by atoms with Crippen molar-refractivity contribution in [2.75, 3.05) is 0 Å². The molecule has 2 nitrogen and oxygen atoms in total. The van der Waals surface area contributed by atoms with E-state index < -0.39 is 0 Å². The van der Waals surface area contributed by atoms with Gasteiger partial charge in [-0.3, -0.25) is 4.79 Å². The maximum Gasteiger partial charge on any atom is 0.162 e. The number of thiophene rings is 1. The largest absolute Gasteiger partial charge is 0.506 e. The van der Waals surface area contributed by atoms with E-state index in [1.807, 2.05) is 17.5 Å². The SMILES string of the molecule is O=C1CCCCC1=C(O)c1cccs1. The van der Waals surface area contributed by atoms with Crippen LogP contribution in [0.1, 0.15) is 30.6 Å². The Labute approximate surface area is 86.9 Å². The minimum Gasteiger partial charge on any atom is -0.506 e. The third-order valence-corrected chi connectivity index (χ3v) is 3.33. The number of Topliss-reactive ketones (excluding diaryl/α,β-unsaturated/α-hetero) is 1. The second-order valence-electron chi connectivity index (χ2n) is 3.43. The van der Waals surface area contributed by atoms with Gasteiger partial charge in [-0.25, -0.2) is 0 Å². The maximum absolute atomic E-state index is 11.5. The van der Waals surface area contributed by atoms with Crippen LogP contribution in [0.5, 0.6) is 0 Å². The second kappa shape index (κ2) is 3.96. The molecule has 1 fully saturated rings. The van der Waals surface area contributed by atoms with Crippen LogP contribution in [0.15, 0.2) is 23.1 Å². The van der Waals surface area contributed by atoms with E-state index in [1.54, 1.807) is 0 Å². The summed E-state index contributed by atoms with van der Waals surface area (Å²) in [6.07, 6.45) is 3.28. The zero-order valence-electron chi connectivity index (χ0n) is 7.82. The number of aliphatic hydroxyl groups is 1. The number of hydrogen-bond acceptors (Lipinski definition) is 3. The monoisotopic (exact) mass is 208 g/mol. The number of aliphatic hydroxyl groups excluding tert-OH is 1. The van der Waals surface area contributed by atoms with Crippen molar-refractivity contribution in [1.82, 2.24) is 0 Å². The smallest absolute Gasteiger partial charge is 0.162 e. The second-order valence-corrected chi connectivity index (χ2v) is 4.38. The average molecular weight is 208 g/mol. The predicted molar refractivity (Wildman–Crippen MR) is 57.3 cm³/mol. The summed E-state index contributed by atoms with van der Waals surface area (Å²) in [6.45, 7) is 0. The highest BCUT2D eigenvalue weighted by Gasteiger charge is 2.20. The molecule has 0 unspecified atom stereocenters. The standard InChI is InChI=1S/C11H12O2S/c12-9-5-2-1-4-8(9)11(13)10-6-3-7-14-10/h3,6-7,13H,1-2,4-5H2. The summed E-state index contributed by atoms with van der Waals surface area (Å²) in [6, 6.07) is 3.72. The Kier molecular flexibility index (Phi) is 2.68. The number of carbonyl (C=O) groups is 1. The predicted octanol–water partition coefficient (Wildman–Crippen LogP) is 3.16. The van der Waals surface area contributed by atoms with Crippen LogP contribution >= 0.6 is 11.3 Å². The molecule has 74 valence electrons. The number of ketones is 1. The van der Waals surface area contributed by atoms with Crippen LogP contribution in [-0.4, -0.2) is 10.9 Å². The van der Waals surface area contributed by atoms with Crippen molar-refractivity contribution in [3.05, 3.63) is 28.0 Å². The summed E-state index contributed by atoms with van der Waals surface area (Å²) in [4.78, 5) is 12.3. The van der Waals surface area contributed by atoms with Crippen LogP contribution in [-0.2, 0) is 4.79 Å². The zero-order valence-corrected chi connectivity index (χ0v) is 8.64. The third-order valence-electron chi connectivity index (χ3n) is 2.46. The normalized spacial score (nSPS) is 21.0. The molecule has 0 aliphatic heterocycles. The molecule has 0 saturated heterocycles. The highest BCUT2D eigenvalue weighted by atomic mass is 32.1. The van der Waals surface area contributed by atoms with Crippen LogP contribution < -0.4 is 0 Å². The molecule has 3 heteroatoms. The summed E-state index contributed by atoms with van der Waals surface area (Å²) in [5.74, 6) is 0.312. The maximum atomic E-state index is 11.5. The molecule has 1 saturated carbocycles. The van der Waals surface area contributed by atoms with Crippen LogP contribution in [0.2, 0.25) is 0 Å². The van der Waals surface area contributed by atoms with E-state index in [0.29, 0.717) is 12.0 Å². The van der Waals surface area contributed by atoms with Gasteiger partial charge in [-0.05, 0) is 30.7 Å². The van der Waals surface area contributed by atoms with Crippen molar-refractivity contribution in [3.8, 4) is 0 Å². The Morgan fingerprint density at radius 1 is 1.36 bits per heavy atom. The molecule has 0 spiro atoms. The lowest BCUT2D eigenvalue weighted by molar-refractivity contribution is -0.116. The molecule has 1 aromatic rings. The van der Waals surface area contributed by atoms with Crippen molar-refractivity contribution in [2.24, 2.45) is 0 Å². The summed E-state index contributed by atoms with van der Waals surface area (Å²) in [7, 11) is 0. The molecule has 1 aliphatic carbocycles. The van der Waals surface area contributed by atoms with E-state index >= 15 is 0 Å². The highest BCUT2D eigenvalue weighted by Crippen LogP contribution is 2.28. The molecule has 0 aromatic carbocycles. The Morgan fingerprint density at radius 2 is 2.14 bits per heavy atom. The Balaban J connectivity index is 2.33. The minimum absolute atomic E-state index is 0.113. The summed E-state index contributed by atoms with van der Waals surface area (Å²) >= 11 is 1.47. The van der Waals surface area contributed by atoms with Gasteiger partial charge in [0.2, 0.25) is 0 Å². The quantitative estimate of drug-likeness (QED) is 0.568. The molecule has 1 N–H and O–H groups in total. The fourth-order valence-corrected chi connectivity index (χ4v) is 2.39. The van der Waals surface area contributed by atoms with E-state index in [9.17, 15) is 9.90 Å². The van der Waals surface area contributed by atoms with Crippen LogP contribution in [0.3, 0.4) is 0 Å². The topological polar surface area (TPSA) is 37.3 Å². The van der Waals surface area contributed by atoms with Gasteiger partial charge in [-0.2, -0.15) is 0 Å². The lowest BCUT2D eigenvalue weighted by Crippen LogP contribution is -2.10. The van der Waals surface area contributed by atoms with E-state index in [0.717, 1.165) is 24.1 Å². The Morgan fingerprint density at radius 3 is 2.79 bits per heavy atom. The van der Waals surface area contributed by atoms with Crippen LogP contribution in [0.25, 0.3) is 5.76 Å². The van der Waals surface area contributed by atoms with Crippen molar-refractivity contribution < 1.29 is 9.90 Å². The van der Waals surface area contributed by atoms with Gasteiger partial charge >= 0.3 is 0 Å². The van der Waals surface area contributed by atoms with Gasteiger partial charge in [0.1, 0.15) is 5.76 Å². The molecule has 0 bridgehead atoms. The molecular formula is C11H12O2S. The number of hydrogen-bond donors (Lipinski definition) is 1. The lowest BCUT2D eigenvalue weighted by atomic mass is 9.92. The summed E-state index contributed by atoms with van der Waals surface area (Å²) in [5, 5.41) is 11.8. The average Bonchev–Trinajstić information content (AvgIpc) is 2.70. The molecule has 2 rings (SSSR count). The first kappa shape index (κ1) is 9.46. The van der Waals surface area contributed by atoms with Crippen LogP contribution in [0, 0.1) is 0 Å².